The second-order valence-electron chi connectivity index (χ2n) is 10.2. The number of methoxy groups -OCH3 is 2. The van der Waals surface area contributed by atoms with Crippen molar-refractivity contribution in [3.63, 3.8) is 0 Å². The molecule has 0 radical (unpaired) electrons. The number of carbonyl (C=O) groups excluding carboxylic acids is 2. The number of carbonyl (C=O) groups is 2. The molecule has 0 aliphatic carbocycles. The lowest BCUT2D eigenvalue weighted by atomic mass is 9.93. The topological polar surface area (TPSA) is 121 Å². The zero-order valence-electron chi connectivity index (χ0n) is 22.0. The maximum absolute atomic E-state index is 13.0. The largest absolute Gasteiger partial charge is 0.598 e. The first kappa shape index (κ1) is 27.5. The van der Waals surface area contributed by atoms with Crippen molar-refractivity contribution >= 4 is 45.8 Å². The van der Waals surface area contributed by atoms with E-state index in [1.165, 1.54) is 14.2 Å². The van der Waals surface area contributed by atoms with Crippen LogP contribution in [-0.2, 0) is 38.6 Å². The van der Waals surface area contributed by atoms with Crippen LogP contribution in [0.3, 0.4) is 0 Å². The average molecular weight is 549 g/mol. The third-order valence-electron chi connectivity index (χ3n) is 6.64. The summed E-state index contributed by atoms with van der Waals surface area (Å²) in [6.07, 6.45) is 2.10. The smallest absolute Gasteiger partial charge is 0.354 e. The highest BCUT2D eigenvalue weighted by atomic mass is 35.5. The van der Waals surface area contributed by atoms with Crippen molar-refractivity contribution in [1.82, 2.24) is 19.5 Å². The summed E-state index contributed by atoms with van der Waals surface area (Å²) in [7, 11) is 2.65. The quantitative estimate of drug-likeness (QED) is 0.322. The van der Waals surface area contributed by atoms with E-state index in [-0.39, 0.29) is 30.5 Å². The van der Waals surface area contributed by atoms with E-state index in [4.69, 9.17) is 26.2 Å². The van der Waals surface area contributed by atoms with Gasteiger partial charge >= 0.3 is 11.9 Å². The molecule has 11 heteroatoms. The van der Waals surface area contributed by atoms with E-state index in [2.05, 4.69) is 9.71 Å². The number of aryl methyl sites for hydroxylation is 3. The van der Waals surface area contributed by atoms with Gasteiger partial charge in [-0.15, -0.1) is 4.72 Å². The number of benzene rings is 1. The first-order valence-electron chi connectivity index (χ1n) is 12.2. The van der Waals surface area contributed by atoms with Gasteiger partial charge in [0.2, 0.25) is 0 Å². The molecule has 0 spiro atoms. The third-order valence-corrected chi connectivity index (χ3v) is 8.57. The Morgan fingerprint density at radius 2 is 2.00 bits per heavy atom. The standard InChI is InChI=1S/C26H33ClN4O5S/c1-14-20(24-18(8-7-13-31(24)29-14)30-37(34)26(2,3)4)21-17(27)11-9-15-16(10-12-19(32)35-5)23(25(33)36-6)28-22(15)21/h9,11,18,28,30H,7-8,10,12-13H2,1-6H3/t18-,37?/m1/s1. The minimum atomic E-state index is -1.28. The zero-order chi connectivity index (χ0) is 27.1. The fraction of sp³-hybridized carbons (Fsp3) is 0.500. The fourth-order valence-electron chi connectivity index (χ4n) is 4.84. The lowest BCUT2D eigenvalue weighted by Crippen LogP contribution is -2.42. The molecule has 3 aromatic rings. The number of aromatic nitrogens is 3. The van der Waals surface area contributed by atoms with Crippen LogP contribution in [0.25, 0.3) is 22.0 Å². The Bertz CT molecular complexity index is 1340. The van der Waals surface area contributed by atoms with Gasteiger partial charge in [0, 0.05) is 40.8 Å². The molecule has 2 N–H and O–H groups in total. The molecule has 0 bridgehead atoms. The van der Waals surface area contributed by atoms with Gasteiger partial charge in [0.05, 0.1) is 42.2 Å². The van der Waals surface area contributed by atoms with E-state index in [1.807, 2.05) is 38.4 Å². The summed E-state index contributed by atoms with van der Waals surface area (Å²) < 4.78 is 27.7. The number of aromatic amines is 1. The summed E-state index contributed by atoms with van der Waals surface area (Å²) in [5.41, 5.74) is 4.84. The molecule has 4 rings (SSSR count). The maximum atomic E-state index is 13.0. The van der Waals surface area contributed by atoms with E-state index in [0.717, 1.165) is 41.7 Å². The van der Waals surface area contributed by atoms with Gasteiger partial charge in [-0.25, -0.2) is 4.79 Å². The van der Waals surface area contributed by atoms with Gasteiger partial charge in [0.15, 0.2) is 0 Å². The number of nitrogens with zero attached hydrogens (tertiary/aromatic N) is 2. The third kappa shape index (κ3) is 5.25. The second-order valence-corrected chi connectivity index (χ2v) is 12.6. The molecule has 0 saturated heterocycles. The van der Waals surface area contributed by atoms with Gasteiger partial charge < -0.3 is 19.0 Å². The van der Waals surface area contributed by atoms with Crippen LogP contribution in [0.2, 0.25) is 5.02 Å². The summed E-state index contributed by atoms with van der Waals surface area (Å²) in [5, 5.41) is 6.05. The van der Waals surface area contributed by atoms with Crippen LogP contribution in [0.4, 0.5) is 0 Å². The molecule has 1 aromatic carbocycles. The first-order chi connectivity index (χ1) is 17.5. The van der Waals surface area contributed by atoms with Crippen LogP contribution in [0, 0.1) is 6.92 Å². The summed E-state index contributed by atoms with van der Waals surface area (Å²) in [4.78, 5) is 27.8. The number of H-pyrrole nitrogens is 1. The van der Waals surface area contributed by atoms with Crippen LogP contribution >= 0.6 is 11.6 Å². The van der Waals surface area contributed by atoms with Gasteiger partial charge in [-0.05, 0) is 58.6 Å². The first-order valence-corrected chi connectivity index (χ1v) is 13.7. The van der Waals surface area contributed by atoms with Crippen molar-refractivity contribution < 1.29 is 23.6 Å². The van der Waals surface area contributed by atoms with Gasteiger partial charge in [-0.1, -0.05) is 17.7 Å². The van der Waals surface area contributed by atoms with E-state index in [9.17, 15) is 14.1 Å². The molecular weight excluding hydrogens is 516 g/mol. The molecule has 9 nitrogen and oxygen atoms in total. The number of esters is 2. The molecule has 3 heterocycles. The molecule has 200 valence electrons. The van der Waals surface area contributed by atoms with Crippen molar-refractivity contribution in [3.8, 4) is 11.1 Å². The molecule has 2 atom stereocenters. The minimum absolute atomic E-state index is 0.109. The van der Waals surface area contributed by atoms with Crippen molar-refractivity contribution in [2.75, 3.05) is 14.2 Å². The number of hydrogen-bond donors (Lipinski definition) is 2. The Balaban J connectivity index is 1.92. The van der Waals surface area contributed by atoms with E-state index in [1.54, 1.807) is 6.07 Å². The van der Waals surface area contributed by atoms with Crippen molar-refractivity contribution in [3.05, 3.63) is 39.8 Å². The minimum Gasteiger partial charge on any atom is -0.598 e. The monoisotopic (exact) mass is 548 g/mol. The Labute approximate surface area is 224 Å². The number of fused-ring (bicyclic) bond motifs is 2. The summed E-state index contributed by atoms with van der Waals surface area (Å²) in [5.74, 6) is -0.909. The van der Waals surface area contributed by atoms with Crippen LogP contribution < -0.4 is 4.72 Å². The Kier molecular flexibility index (Phi) is 7.94. The molecule has 1 unspecified atom stereocenters. The fourth-order valence-corrected chi connectivity index (χ4v) is 5.93. The van der Waals surface area contributed by atoms with Crippen molar-refractivity contribution in [2.24, 2.45) is 0 Å². The molecule has 37 heavy (non-hydrogen) atoms. The van der Waals surface area contributed by atoms with Crippen LogP contribution in [0.5, 0.6) is 0 Å². The molecule has 1 aliphatic heterocycles. The van der Waals surface area contributed by atoms with Crippen molar-refractivity contribution in [1.29, 1.82) is 0 Å². The number of rotatable bonds is 7. The Hall–Kier alpha value is -2.53. The normalized spacial score (nSPS) is 16.5. The van der Waals surface area contributed by atoms with Crippen LogP contribution in [-0.4, -0.2) is 50.2 Å². The van der Waals surface area contributed by atoms with Gasteiger partial charge in [-0.3, -0.25) is 9.48 Å². The van der Waals surface area contributed by atoms with Gasteiger partial charge in [-0.2, -0.15) is 5.10 Å². The Morgan fingerprint density at radius 1 is 1.27 bits per heavy atom. The molecule has 1 aliphatic rings. The average Bonchev–Trinajstić information content (AvgIpc) is 3.39. The highest BCUT2D eigenvalue weighted by Gasteiger charge is 2.36. The van der Waals surface area contributed by atoms with Crippen LogP contribution in [0.1, 0.15) is 73.5 Å². The lowest BCUT2D eigenvalue weighted by Gasteiger charge is -2.31. The highest BCUT2D eigenvalue weighted by Crippen LogP contribution is 2.44. The molecule has 0 fully saturated rings. The highest BCUT2D eigenvalue weighted by molar-refractivity contribution is 7.90. The number of ether oxygens (including phenoxy) is 2. The number of nitrogens with one attached hydrogen (secondary N) is 2. The van der Waals surface area contributed by atoms with E-state index < -0.39 is 22.1 Å². The Morgan fingerprint density at radius 3 is 2.65 bits per heavy atom. The molecule has 2 aromatic heterocycles. The second kappa shape index (κ2) is 10.7. The summed E-state index contributed by atoms with van der Waals surface area (Å²) in [6.45, 7) is 8.47. The van der Waals surface area contributed by atoms with E-state index in [0.29, 0.717) is 21.7 Å². The van der Waals surface area contributed by atoms with Gasteiger partial charge in [0.25, 0.3) is 0 Å². The van der Waals surface area contributed by atoms with E-state index >= 15 is 0 Å². The molecule has 0 saturated carbocycles. The molecule has 0 amide bonds. The van der Waals surface area contributed by atoms with Crippen molar-refractivity contribution in [2.45, 2.75) is 70.7 Å². The number of halogens is 1. The zero-order valence-corrected chi connectivity index (χ0v) is 23.6. The van der Waals surface area contributed by atoms with Gasteiger partial charge in [0.1, 0.15) is 10.4 Å². The predicted molar refractivity (Wildman–Crippen MR) is 144 cm³/mol. The SMILES string of the molecule is COC(=O)CCc1c(C(=O)OC)[nH]c2c(-c3c(C)nn4c3[C@H](N[S+]([O-])C(C)(C)C)CCC4)c(Cl)ccc12. The maximum Gasteiger partial charge on any atom is 0.354 e. The lowest BCUT2D eigenvalue weighted by molar-refractivity contribution is -0.140. The van der Waals surface area contributed by atoms with Crippen LogP contribution in [0.15, 0.2) is 12.1 Å². The summed E-state index contributed by atoms with van der Waals surface area (Å²) >= 11 is 5.55. The predicted octanol–water partition coefficient (Wildman–Crippen LogP) is 4.77. The number of hydrogen-bond acceptors (Lipinski definition) is 7. The summed E-state index contributed by atoms with van der Waals surface area (Å²) in [6, 6.07) is 3.44. The molecular formula is C26H33ClN4O5S.